The Morgan fingerprint density at radius 2 is 2.40 bits per heavy atom. The van der Waals surface area contributed by atoms with Crippen LogP contribution in [-0.2, 0) is 9.53 Å². The van der Waals surface area contributed by atoms with Gasteiger partial charge in [0.2, 0.25) is 5.91 Å². The van der Waals surface area contributed by atoms with E-state index in [2.05, 4.69) is 6.92 Å². The molecule has 0 radical (unpaired) electrons. The van der Waals surface area contributed by atoms with E-state index in [4.69, 9.17) is 10.5 Å². The third-order valence-corrected chi connectivity index (χ3v) is 2.76. The lowest BCUT2D eigenvalue weighted by atomic mass is 10.2. The van der Waals surface area contributed by atoms with E-state index in [1.165, 1.54) is 0 Å². The predicted molar refractivity (Wildman–Crippen MR) is 59.5 cm³/mol. The second-order valence-corrected chi connectivity index (χ2v) is 4.03. The first kappa shape index (κ1) is 12.5. The predicted octanol–water partition coefficient (Wildman–Crippen LogP) is 0.753. The number of nitrogens with zero attached hydrogens (tertiary/aromatic N) is 1. The van der Waals surface area contributed by atoms with Crippen LogP contribution in [0.2, 0.25) is 0 Å². The number of hydrogen-bond donors (Lipinski definition) is 1. The van der Waals surface area contributed by atoms with Crippen molar-refractivity contribution >= 4 is 5.91 Å². The summed E-state index contributed by atoms with van der Waals surface area (Å²) in [6.45, 7) is 4.60. The molecule has 1 atom stereocenters. The summed E-state index contributed by atoms with van der Waals surface area (Å²) < 4.78 is 5.52. The van der Waals surface area contributed by atoms with Crippen LogP contribution >= 0.6 is 0 Å². The smallest absolute Gasteiger partial charge is 0.236 e. The minimum absolute atomic E-state index is 0.0407. The van der Waals surface area contributed by atoms with Crippen LogP contribution in [0.15, 0.2) is 0 Å². The lowest BCUT2D eigenvalue weighted by molar-refractivity contribution is -0.131. The second-order valence-electron chi connectivity index (χ2n) is 4.03. The fourth-order valence-corrected chi connectivity index (χ4v) is 1.83. The fourth-order valence-electron chi connectivity index (χ4n) is 1.83. The minimum atomic E-state index is 0.0407. The van der Waals surface area contributed by atoms with E-state index in [0.29, 0.717) is 0 Å². The van der Waals surface area contributed by atoms with Crippen molar-refractivity contribution in [2.24, 2.45) is 5.73 Å². The molecule has 1 aliphatic rings. The molecule has 1 aliphatic heterocycles. The maximum absolute atomic E-state index is 11.6. The summed E-state index contributed by atoms with van der Waals surface area (Å²) in [5.74, 6) is 0.0407. The first-order valence-corrected chi connectivity index (χ1v) is 5.87. The minimum Gasteiger partial charge on any atom is -0.376 e. The molecule has 2 N–H and O–H groups in total. The average molecular weight is 214 g/mol. The molecule has 0 aromatic carbocycles. The molecule has 1 saturated heterocycles. The molecular weight excluding hydrogens is 192 g/mol. The van der Waals surface area contributed by atoms with Gasteiger partial charge in [-0.1, -0.05) is 13.3 Å². The summed E-state index contributed by atoms with van der Waals surface area (Å²) >= 11 is 0. The summed E-state index contributed by atoms with van der Waals surface area (Å²) in [6.07, 6.45) is 4.56. The molecule has 0 aliphatic carbocycles. The quantitative estimate of drug-likeness (QED) is 0.710. The molecule has 15 heavy (non-hydrogen) atoms. The van der Waals surface area contributed by atoms with Gasteiger partial charge in [-0.3, -0.25) is 4.79 Å². The third-order valence-electron chi connectivity index (χ3n) is 2.76. The van der Waals surface area contributed by atoms with Gasteiger partial charge in [-0.15, -0.1) is 0 Å². The van der Waals surface area contributed by atoms with Crippen molar-refractivity contribution < 1.29 is 9.53 Å². The number of unbranched alkanes of at least 4 members (excludes halogenated alkanes) is 1. The number of ether oxygens (including phenoxy) is 1. The summed E-state index contributed by atoms with van der Waals surface area (Å²) in [5.41, 5.74) is 5.39. The number of carbonyl (C=O) groups is 1. The van der Waals surface area contributed by atoms with Gasteiger partial charge >= 0.3 is 0 Å². The van der Waals surface area contributed by atoms with Gasteiger partial charge in [0.1, 0.15) is 0 Å². The van der Waals surface area contributed by atoms with E-state index in [1.54, 1.807) is 0 Å². The Morgan fingerprint density at radius 1 is 1.60 bits per heavy atom. The largest absolute Gasteiger partial charge is 0.376 e. The Labute approximate surface area is 91.8 Å². The van der Waals surface area contributed by atoms with Gasteiger partial charge in [-0.05, 0) is 19.3 Å². The molecule has 4 heteroatoms. The Balaban J connectivity index is 2.36. The first-order valence-electron chi connectivity index (χ1n) is 5.87. The third kappa shape index (κ3) is 4.18. The van der Waals surface area contributed by atoms with E-state index >= 15 is 0 Å². The molecule has 1 heterocycles. The normalized spacial score (nSPS) is 20.5. The molecule has 88 valence electrons. The summed E-state index contributed by atoms with van der Waals surface area (Å²) in [4.78, 5) is 13.4. The van der Waals surface area contributed by atoms with Crippen molar-refractivity contribution in [2.45, 2.75) is 38.7 Å². The molecule has 0 spiro atoms. The Bertz CT molecular complexity index is 191. The zero-order valence-corrected chi connectivity index (χ0v) is 9.58. The lowest BCUT2D eigenvalue weighted by Gasteiger charge is -2.24. The van der Waals surface area contributed by atoms with Gasteiger partial charge in [0, 0.05) is 19.7 Å². The molecule has 1 amide bonds. The zero-order valence-electron chi connectivity index (χ0n) is 9.58. The maximum Gasteiger partial charge on any atom is 0.236 e. The Hall–Kier alpha value is -0.610. The van der Waals surface area contributed by atoms with Crippen LogP contribution in [0.25, 0.3) is 0 Å². The van der Waals surface area contributed by atoms with Crippen LogP contribution in [0.5, 0.6) is 0 Å². The highest BCUT2D eigenvalue weighted by atomic mass is 16.5. The van der Waals surface area contributed by atoms with Crippen molar-refractivity contribution in [1.29, 1.82) is 0 Å². The van der Waals surface area contributed by atoms with Crippen LogP contribution < -0.4 is 5.73 Å². The fraction of sp³-hybridized carbons (Fsp3) is 0.909. The van der Waals surface area contributed by atoms with E-state index in [-0.39, 0.29) is 18.6 Å². The van der Waals surface area contributed by atoms with Gasteiger partial charge in [0.25, 0.3) is 0 Å². The van der Waals surface area contributed by atoms with Crippen molar-refractivity contribution in [3.05, 3.63) is 0 Å². The highest BCUT2D eigenvalue weighted by molar-refractivity contribution is 5.78. The number of rotatable bonds is 6. The van der Waals surface area contributed by atoms with Gasteiger partial charge in [-0.25, -0.2) is 0 Å². The van der Waals surface area contributed by atoms with E-state index in [0.717, 1.165) is 45.4 Å². The molecule has 0 bridgehead atoms. The van der Waals surface area contributed by atoms with Crippen molar-refractivity contribution in [3.63, 3.8) is 0 Å². The van der Waals surface area contributed by atoms with Crippen molar-refractivity contribution in [2.75, 3.05) is 26.2 Å². The molecule has 0 saturated carbocycles. The second kappa shape index (κ2) is 6.80. The Morgan fingerprint density at radius 3 is 2.93 bits per heavy atom. The Kier molecular flexibility index (Phi) is 5.65. The summed E-state index contributed by atoms with van der Waals surface area (Å²) in [6, 6.07) is 0. The SMILES string of the molecule is CCCCN(CC1CCCO1)C(=O)CN. The van der Waals surface area contributed by atoms with Gasteiger partial charge in [0.15, 0.2) is 0 Å². The van der Waals surface area contributed by atoms with Gasteiger partial charge < -0.3 is 15.4 Å². The molecular formula is C11H22N2O2. The average Bonchev–Trinajstić information content (AvgIpc) is 2.75. The highest BCUT2D eigenvalue weighted by Gasteiger charge is 2.21. The van der Waals surface area contributed by atoms with Crippen LogP contribution in [0.1, 0.15) is 32.6 Å². The molecule has 0 aromatic heterocycles. The first-order chi connectivity index (χ1) is 7.27. The molecule has 4 nitrogen and oxygen atoms in total. The zero-order chi connectivity index (χ0) is 11.1. The van der Waals surface area contributed by atoms with Crippen molar-refractivity contribution in [3.8, 4) is 0 Å². The number of carbonyl (C=O) groups excluding carboxylic acids is 1. The van der Waals surface area contributed by atoms with Gasteiger partial charge in [-0.2, -0.15) is 0 Å². The van der Waals surface area contributed by atoms with Gasteiger partial charge in [0.05, 0.1) is 12.6 Å². The van der Waals surface area contributed by atoms with Crippen LogP contribution in [0.3, 0.4) is 0 Å². The number of amides is 1. The van der Waals surface area contributed by atoms with E-state index < -0.39 is 0 Å². The maximum atomic E-state index is 11.6. The summed E-state index contributed by atoms with van der Waals surface area (Å²) in [7, 11) is 0. The van der Waals surface area contributed by atoms with Crippen molar-refractivity contribution in [1.82, 2.24) is 4.90 Å². The topological polar surface area (TPSA) is 55.6 Å². The van der Waals surface area contributed by atoms with Crippen LogP contribution in [0, 0.1) is 0 Å². The molecule has 0 aromatic rings. The van der Waals surface area contributed by atoms with E-state index in [1.807, 2.05) is 4.90 Å². The monoisotopic (exact) mass is 214 g/mol. The number of nitrogens with two attached hydrogens (primary N) is 1. The van der Waals surface area contributed by atoms with Crippen LogP contribution in [0.4, 0.5) is 0 Å². The summed E-state index contributed by atoms with van der Waals surface area (Å²) in [5, 5.41) is 0. The lowest BCUT2D eigenvalue weighted by Crippen LogP contribution is -2.41. The number of hydrogen-bond acceptors (Lipinski definition) is 3. The molecule has 1 rings (SSSR count). The molecule has 1 unspecified atom stereocenters. The standard InChI is InChI=1S/C11H22N2O2/c1-2-3-6-13(11(14)8-12)9-10-5-4-7-15-10/h10H,2-9,12H2,1H3. The molecule has 1 fully saturated rings. The highest BCUT2D eigenvalue weighted by Crippen LogP contribution is 2.13. The van der Waals surface area contributed by atoms with Crippen LogP contribution in [-0.4, -0.2) is 43.2 Å². The van der Waals surface area contributed by atoms with E-state index in [9.17, 15) is 4.79 Å².